The largest absolute Gasteiger partial charge is 0.488 e. The van der Waals surface area contributed by atoms with Crippen LogP contribution in [0.1, 0.15) is 37.7 Å². The molecule has 1 saturated carbocycles. The lowest BCUT2D eigenvalue weighted by Crippen LogP contribution is -2.36. The zero-order valence-corrected chi connectivity index (χ0v) is 18.9. The topological polar surface area (TPSA) is 73.3 Å². The maximum atomic E-state index is 6.53. The number of rotatable bonds is 6. The summed E-state index contributed by atoms with van der Waals surface area (Å²) in [6.07, 6.45) is 14.0. The molecule has 3 aromatic rings. The first kappa shape index (κ1) is 21.3. The highest BCUT2D eigenvalue weighted by Crippen LogP contribution is 2.35. The van der Waals surface area contributed by atoms with Gasteiger partial charge in [-0.2, -0.15) is 0 Å². The van der Waals surface area contributed by atoms with Gasteiger partial charge in [0.25, 0.3) is 0 Å². The summed E-state index contributed by atoms with van der Waals surface area (Å²) < 4.78 is 12.0. The molecule has 2 aliphatic rings. The smallest absolute Gasteiger partial charge is 0.222 e. The summed E-state index contributed by atoms with van der Waals surface area (Å²) in [4.78, 5) is 19.6. The third kappa shape index (κ3) is 5.10. The van der Waals surface area contributed by atoms with Gasteiger partial charge in [0.2, 0.25) is 5.28 Å². The van der Waals surface area contributed by atoms with Gasteiger partial charge >= 0.3 is 0 Å². The average Bonchev–Trinajstić information content (AvgIpc) is 2.85. The first-order valence-electron chi connectivity index (χ1n) is 11.4. The molecule has 1 aliphatic carbocycles. The molecule has 0 spiro atoms. The zero-order valence-electron chi connectivity index (χ0n) is 18.1. The highest BCUT2D eigenvalue weighted by atomic mass is 35.5. The Labute approximate surface area is 193 Å². The van der Waals surface area contributed by atoms with Crippen LogP contribution in [0.3, 0.4) is 0 Å². The molecule has 0 unspecified atom stereocenters. The molecule has 2 aromatic heterocycles. The molecule has 0 radical (unpaired) electrons. The molecular weight excluding hydrogens is 426 g/mol. The van der Waals surface area contributed by atoms with Crippen LogP contribution in [0.2, 0.25) is 5.28 Å². The van der Waals surface area contributed by atoms with Crippen LogP contribution in [0.5, 0.6) is 5.75 Å². The van der Waals surface area contributed by atoms with E-state index in [1.54, 1.807) is 12.4 Å². The Balaban J connectivity index is 1.22. The van der Waals surface area contributed by atoms with Crippen molar-refractivity contribution in [3.8, 4) is 5.75 Å². The SMILES string of the molecule is Clc1ncc(CCC2CCC(Oc3cc(N4CCOCC4)cc4nccnc34)CC2)cn1. The number of aryl methyl sites for hydroxylation is 1. The lowest BCUT2D eigenvalue weighted by Gasteiger charge is -2.31. The minimum Gasteiger partial charge on any atom is -0.488 e. The molecule has 3 heterocycles. The predicted molar refractivity (Wildman–Crippen MR) is 124 cm³/mol. The van der Waals surface area contributed by atoms with Crippen LogP contribution in [0.4, 0.5) is 5.69 Å². The summed E-state index contributed by atoms with van der Waals surface area (Å²) >= 11 is 5.78. The number of ether oxygens (including phenoxy) is 2. The van der Waals surface area contributed by atoms with Gasteiger partial charge in [-0.1, -0.05) is 0 Å². The van der Waals surface area contributed by atoms with Gasteiger partial charge < -0.3 is 14.4 Å². The molecule has 1 aliphatic heterocycles. The first-order chi connectivity index (χ1) is 15.7. The minimum atomic E-state index is 0.218. The van der Waals surface area contributed by atoms with E-state index in [9.17, 15) is 0 Å². The normalized spacial score (nSPS) is 21.6. The van der Waals surface area contributed by atoms with E-state index in [0.717, 1.165) is 80.0 Å². The monoisotopic (exact) mass is 453 g/mol. The van der Waals surface area contributed by atoms with Crippen LogP contribution < -0.4 is 9.64 Å². The van der Waals surface area contributed by atoms with Gasteiger partial charge in [-0.3, -0.25) is 4.98 Å². The lowest BCUT2D eigenvalue weighted by atomic mass is 9.84. The number of hydrogen-bond donors (Lipinski definition) is 0. The quantitative estimate of drug-likeness (QED) is 0.509. The molecule has 8 heteroatoms. The Hall–Kier alpha value is -2.51. The van der Waals surface area contributed by atoms with Crippen molar-refractivity contribution in [1.82, 2.24) is 19.9 Å². The number of hydrogen-bond acceptors (Lipinski definition) is 7. The number of benzene rings is 1. The highest BCUT2D eigenvalue weighted by molar-refractivity contribution is 6.28. The number of morpholine rings is 1. The van der Waals surface area contributed by atoms with E-state index >= 15 is 0 Å². The van der Waals surface area contributed by atoms with Crippen molar-refractivity contribution in [2.45, 2.75) is 44.6 Å². The fourth-order valence-electron chi connectivity index (χ4n) is 4.68. The molecular formula is C24H28ClN5O2. The molecule has 168 valence electrons. The summed E-state index contributed by atoms with van der Waals surface area (Å²) in [7, 11) is 0. The van der Waals surface area contributed by atoms with Crippen molar-refractivity contribution < 1.29 is 9.47 Å². The third-order valence-corrected chi connectivity index (χ3v) is 6.70. The highest BCUT2D eigenvalue weighted by Gasteiger charge is 2.24. The van der Waals surface area contributed by atoms with E-state index in [1.807, 2.05) is 12.4 Å². The van der Waals surface area contributed by atoms with E-state index in [1.165, 1.54) is 12.8 Å². The maximum Gasteiger partial charge on any atom is 0.222 e. The van der Waals surface area contributed by atoms with Gasteiger partial charge in [-0.25, -0.2) is 15.0 Å². The molecule has 1 aromatic carbocycles. The average molecular weight is 454 g/mol. The minimum absolute atomic E-state index is 0.218. The fourth-order valence-corrected chi connectivity index (χ4v) is 4.78. The van der Waals surface area contributed by atoms with Gasteiger partial charge in [0, 0.05) is 49.6 Å². The second kappa shape index (κ2) is 9.96. The fraction of sp³-hybridized carbons (Fsp3) is 0.500. The zero-order chi connectivity index (χ0) is 21.8. The van der Waals surface area contributed by atoms with Gasteiger partial charge in [0.1, 0.15) is 11.3 Å². The Kier molecular flexibility index (Phi) is 6.64. The van der Waals surface area contributed by atoms with Crippen molar-refractivity contribution in [2.24, 2.45) is 5.92 Å². The van der Waals surface area contributed by atoms with Crippen molar-refractivity contribution in [3.05, 3.63) is 47.8 Å². The summed E-state index contributed by atoms with van der Waals surface area (Å²) in [5.74, 6) is 1.56. The van der Waals surface area contributed by atoms with E-state index in [4.69, 9.17) is 21.1 Å². The first-order valence-corrected chi connectivity index (χ1v) is 11.8. The summed E-state index contributed by atoms with van der Waals surface area (Å²) in [5.41, 5.74) is 4.01. The third-order valence-electron chi connectivity index (χ3n) is 6.50. The van der Waals surface area contributed by atoms with Crippen molar-refractivity contribution in [3.63, 3.8) is 0 Å². The van der Waals surface area contributed by atoms with Gasteiger partial charge in [0.05, 0.1) is 24.8 Å². The predicted octanol–water partition coefficient (Wildman–Crippen LogP) is 4.48. The van der Waals surface area contributed by atoms with Gasteiger partial charge in [0.15, 0.2) is 0 Å². The molecule has 0 N–H and O–H groups in total. The van der Waals surface area contributed by atoms with Crippen molar-refractivity contribution in [1.29, 1.82) is 0 Å². The molecule has 7 nitrogen and oxygen atoms in total. The Morgan fingerprint density at radius 3 is 2.50 bits per heavy atom. The van der Waals surface area contributed by atoms with Crippen LogP contribution >= 0.6 is 11.6 Å². The van der Waals surface area contributed by atoms with Gasteiger partial charge in [-0.05, 0) is 67.7 Å². The number of aromatic nitrogens is 4. The van der Waals surface area contributed by atoms with Crippen molar-refractivity contribution in [2.75, 3.05) is 31.2 Å². The van der Waals surface area contributed by atoms with E-state index < -0.39 is 0 Å². The second-order valence-corrected chi connectivity index (χ2v) is 8.97. The van der Waals surface area contributed by atoms with Crippen LogP contribution in [0.15, 0.2) is 36.9 Å². The number of halogens is 1. The standard InChI is InChI=1S/C24H28ClN5O2/c25-24-28-15-18(16-29-24)2-1-17-3-5-20(6-4-17)32-22-14-19(30-9-11-31-12-10-30)13-21-23(22)27-8-7-26-21/h7-8,13-17,20H,1-6,9-12H2. The van der Waals surface area contributed by atoms with Crippen LogP contribution in [0.25, 0.3) is 11.0 Å². The Morgan fingerprint density at radius 1 is 0.969 bits per heavy atom. The molecule has 2 fully saturated rings. The lowest BCUT2D eigenvalue weighted by molar-refractivity contribution is 0.122. The van der Waals surface area contributed by atoms with E-state index in [-0.39, 0.29) is 6.10 Å². The number of nitrogens with zero attached hydrogens (tertiary/aromatic N) is 5. The van der Waals surface area contributed by atoms with Crippen LogP contribution in [0, 0.1) is 5.92 Å². The number of anilines is 1. The van der Waals surface area contributed by atoms with E-state index in [2.05, 4.69) is 37.0 Å². The molecule has 0 amide bonds. The van der Waals surface area contributed by atoms with Crippen LogP contribution in [-0.4, -0.2) is 52.3 Å². The second-order valence-electron chi connectivity index (χ2n) is 8.63. The maximum absolute atomic E-state index is 6.53. The summed E-state index contributed by atoms with van der Waals surface area (Å²) in [6.45, 7) is 3.27. The molecule has 32 heavy (non-hydrogen) atoms. The van der Waals surface area contributed by atoms with Crippen LogP contribution in [-0.2, 0) is 11.2 Å². The Morgan fingerprint density at radius 2 is 1.72 bits per heavy atom. The molecule has 0 atom stereocenters. The van der Waals surface area contributed by atoms with E-state index in [0.29, 0.717) is 11.2 Å². The molecule has 1 saturated heterocycles. The Bertz CT molecular complexity index is 1030. The summed E-state index contributed by atoms with van der Waals surface area (Å²) in [5, 5.41) is 0.307. The number of fused-ring (bicyclic) bond motifs is 1. The molecule has 5 rings (SSSR count). The summed E-state index contributed by atoms with van der Waals surface area (Å²) in [6, 6.07) is 4.24. The molecule has 0 bridgehead atoms. The van der Waals surface area contributed by atoms with Gasteiger partial charge in [-0.15, -0.1) is 0 Å². The van der Waals surface area contributed by atoms with Crippen molar-refractivity contribution >= 4 is 28.3 Å².